The van der Waals surface area contributed by atoms with Gasteiger partial charge in [-0.1, -0.05) is 65.7 Å². The number of carbonyl (C=O) groups excluding carboxylic acids is 1. The molecule has 168 valence electrons. The van der Waals surface area contributed by atoms with Gasteiger partial charge in [0, 0.05) is 44.8 Å². The third kappa shape index (κ3) is 4.69. The Morgan fingerprint density at radius 1 is 0.824 bits per heavy atom. The molecule has 1 amide bonds. The van der Waals surface area contributed by atoms with E-state index in [0.717, 1.165) is 28.6 Å². The van der Waals surface area contributed by atoms with E-state index in [1.165, 1.54) is 10.9 Å². The zero-order chi connectivity index (χ0) is 23.5. The third-order valence-electron chi connectivity index (χ3n) is 5.76. The van der Waals surface area contributed by atoms with E-state index in [9.17, 15) is 4.79 Å². The molecule has 0 unspecified atom stereocenters. The van der Waals surface area contributed by atoms with Gasteiger partial charge in [0.05, 0.1) is 5.69 Å². The summed E-state index contributed by atoms with van der Waals surface area (Å²) in [6, 6.07) is 26.8. The molecule has 0 aliphatic rings. The van der Waals surface area contributed by atoms with Gasteiger partial charge in [-0.2, -0.15) is 0 Å². The number of halogens is 2. The lowest BCUT2D eigenvalue weighted by Crippen LogP contribution is -2.26. The molecule has 2 heterocycles. The van der Waals surface area contributed by atoms with Crippen molar-refractivity contribution in [2.24, 2.45) is 0 Å². The molecule has 5 aromatic rings. The van der Waals surface area contributed by atoms with Crippen molar-refractivity contribution in [2.45, 2.75) is 6.42 Å². The molecular formula is C28H21Cl2N3O. The fraction of sp³-hybridized carbons (Fsp3) is 0.0714. The maximum atomic E-state index is 12.9. The second-order valence-electron chi connectivity index (χ2n) is 7.97. The number of rotatable bonds is 6. The molecule has 0 aliphatic heterocycles. The van der Waals surface area contributed by atoms with Crippen molar-refractivity contribution in [1.29, 1.82) is 0 Å². The molecule has 34 heavy (non-hydrogen) atoms. The highest BCUT2D eigenvalue weighted by Crippen LogP contribution is 2.32. The number of carbonyl (C=O) groups is 1. The number of nitrogens with one attached hydrogen (secondary N) is 2. The molecule has 0 radical (unpaired) electrons. The smallest absolute Gasteiger partial charge is 0.269 e. The number of hydrogen-bond donors (Lipinski definition) is 2. The fourth-order valence-corrected chi connectivity index (χ4v) is 4.27. The predicted molar refractivity (Wildman–Crippen MR) is 139 cm³/mol. The molecule has 0 fully saturated rings. The Morgan fingerprint density at radius 3 is 2.24 bits per heavy atom. The highest BCUT2D eigenvalue weighted by Gasteiger charge is 2.15. The maximum Gasteiger partial charge on any atom is 0.269 e. The number of amides is 1. The topological polar surface area (TPSA) is 57.8 Å². The summed E-state index contributed by atoms with van der Waals surface area (Å²) in [4.78, 5) is 21.0. The van der Waals surface area contributed by atoms with Crippen molar-refractivity contribution in [3.05, 3.63) is 112 Å². The Balaban J connectivity index is 1.39. The van der Waals surface area contributed by atoms with Gasteiger partial charge in [0.2, 0.25) is 0 Å². The monoisotopic (exact) mass is 485 g/mol. The van der Waals surface area contributed by atoms with Crippen LogP contribution < -0.4 is 5.32 Å². The molecule has 4 nitrogen and oxygen atoms in total. The summed E-state index contributed by atoms with van der Waals surface area (Å²) in [5.74, 6) is -0.210. The van der Waals surface area contributed by atoms with E-state index < -0.39 is 0 Å². The van der Waals surface area contributed by atoms with Gasteiger partial charge in [0.25, 0.3) is 5.91 Å². The first-order valence-electron chi connectivity index (χ1n) is 10.9. The first-order chi connectivity index (χ1) is 16.6. The lowest BCUT2D eigenvalue weighted by molar-refractivity contribution is 0.0949. The van der Waals surface area contributed by atoms with Crippen molar-refractivity contribution in [3.63, 3.8) is 0 Å². The summed E-state index contributed by atoms with van der Waals surface area (Å²) in [6.07, 6.45) is 2.72. The van der Waals surface area contributed by atoms with Gasteiger partial charge in [0.15, 0.2) is 0 Å². The number of fused-ring (bicyclic) bond motifs is 1. The van der Waals surface area contributed by atoms with Gasteiger partial charge in [-0.3, -0.25) is 4.79 Å². The number of nitrogens with zero attached hydrogens (tertiary/aromatic N) is 1. The van der Waals surface area contributed by atoms with Crippen LogP contribution in [0.3, 0.4) is 0 Å². The van der Waals surface area contributed by atoms with E-state index in [1.54, 1.807) is 6.07 Å². The average Bonchev–Trinajstić information content (AvgIpc) is 3.28. The molecule has 0 atom stereocenters. The van der Waals surface area contributed by atoms with Crippen molar-refractivity contribution in [1.82, 2.24) is 15.3 Å². The van der Waals surface area contributed by atoms with Gasteiger partial charge in [-0.05, 0) is 60.0 Å². The molecule has 0 aliphatic carbocycles. The molecule has 3 aromatic carbocycles. The summed E-state index contributed by atoms with van der Waals surface area (Å²) in [7, 11) is 0. The summed E-state index contributed by atoms with van der Waals surface area (Å²) < 4.78 is 0. The van der Waals surface area contributed by atoms with E-state index in [0.29, 0.717) is 28.0 Å². The van der Waals surface area contributed by atoms with Crippen LogP contribution in [0.2, 0.25) is 10.0 Å². The standard InChI is InChI=1S/C28H21Cl2N3O/c29-21-9-5-18(6-10-21)24-13-14-26(33-27(24)19-7-11-22(30)12-8-19)28(34)31-16-15-20-17-32-25-4-2-1-3-23(20)25/h1-14,17,32H,15-16H2,(H,31,34). The third-order valence-corrected chi connectivity index (χ3v) is 6.26. The fourth-order valence-electron chi connectivity index (χ4n) is 4.02. The molecule has 0 bridgehead atoms. The van der Waals surface area contributed by atoms with Gasteiger partial charge in [0.1, 0.15) is 5.69 Å². The Hall–Kier alpha value is -3.60. The van der Waals surface area contributed by atoms with Crippen LogP contribution in [0.4, 0.5) is 0 Å². The zero-order valence-electron chi connectivity index (χ0n) is 18.2. The highest BCUT2D eigenvalue weighted by molar-refractivity contribution is 6.31. The van der Waals surface area contributed by atoms with Crippen LogP contribution in [0.1, 0.15) is 16.1 Å². The molecular weight excluding hydrogens is 465 g/mol. The van der Waals surface area contributed by atoms with E-state index in [1.807, 2.05) is 79.0 Å². The molecule has 0 spiro atoms. The SMILES string of the molecule is O=C(NCCc1c[nH]c2ccccc12)c1ccc(-c2ccc(Cl)cc2)c(-c2ccc(Cl)cc2)n1. The van der Waals surface area contributed by atoms with Crippen LogP contribution in [0, 0.1) is 0 Å². The summed E-state index contributed by atoms with van der Waals surface area (Å²) in [5, 5.41) is 5.48. The van der Waals surface area contributed by atoms with Gasteiger partial charge >= 0.3 is 0 Å². The van der Waals surface area contributed by atoms with Crippen molar-refractivity contribution < 1.29 is 4.79 Å². The quantitative estimate of drug-likeness (QED) is 0.267. The van der Waals surface area contributed by atoms with Crippen LogP contribution in [-0.4, -0.2) is 22.4 Å². The van der Waals surface area contributed by atoms with E-state index in [-0.39, 0.29) is 5.91 Å². The van der Waals surface area contributed by atoms with Gasteiger partial charge in [-0.25, -0.2) is 4.98 Å². The van der Waals surface area contributed by atoms with Crippen LogP contribution in [0.15, 0.2) is 91.1 Å². The molecule has 0 saturated carbocycles. The second-order valence-corrected chi connectivity index (χ2v) is 8.84. The maximum absolute atomic E-state index is 12.9. The Morgan fingerprint density at radius 2 is 1.50 bits per heavy atom. The molecule has 5 rings (SSSR count). The number of hydrogen-bond acceptors (Lipinski definition) is 2. The number of para-hydroxylation sites is 1. The van der Waals surface area contributed by atoms with Crippen molar-refractivity contribution >= 4 is 40.0 Å². The second kappa shape index (κ2) is 9.72. The zero-order valence-corrected chi connectivity index (χ0v) is 19.7. The number of aromatic amines is 1. The van der Waals surface area contributed by atoms with E-state index in [2.05, 4.69) is 16.4 Å². The Labute approximate surface area is 207 Å². The first-order valence-corrected chi connectivity index (χ1v) is 11.7. The van der Waals surface area contributed by atoms with Gasteiger partial charge < -0.3 is 10.3 Å². The normalized spacial score (nSPS) is 11.0. The van der Waals surface area contributed by atoms with Crippen LogP contribution in [0.25, 0.3) is 33.3 Å². The van der Waals surface area contributed by atoms with Crippen LogP contribution in [-0.2, 0) is 6.42 Å². The molecule has 0 saturated heterocycles. The van der Waals surface area contributed by atoms with E-state index in [4.69, 9.17) is 28.2 Å². The molecule has 2 N–H and O–H groups in total. The first kappa shape index (κ1) is 22.2. The van der Waals surface area contributed by atoms with Crippen molar-refractivity contribution in [2.75, 3.05) is 6.54 Å². The number of pyridine rings is 1. The van der Waals surface area contributed by atoms with Crippen LogP contribution >= 0.6 is 23.2 Å². The van der Waals surface area contributed by atoms with Crippen molar-refractivity contribution in [3.8, 4) is 22.4 Å². The minimum atomic E-state index is -0.210. The summed E-state index contributed by atoms with van der Waals surface area (Å²) in [6.45, 7) is 0.511. The Kier molecular flexibility index (Phi) is 6.35. The number of benzene rings is 3. The minimum Gasteiger partial charge on any atom is -0.361 e. The Bertz CT molecular complexity index is 1460. The summed E-state index contributed by atoms with van der Waals surface area (Å²) in [5.41, 5.74) is 6.09. The van der Waals surface area contributed by atoms with Crippen LogP contribution in [0.5, 0.6) is 0 Å². The summed E-state index contributed by atoms with van der Waals surface area (Å²) >= 11 is 12.2. The highest BCUT2D eigenvalue weighted by atomic mass is 35.5. The predicted octanol–water partition coefficient (Wildman–Crippen LogP) is 7.18. The largest absolute Gasteiger partial charge is 0.361 e. The number of H-pyrrole nitrogens is 1. The average molecular weight is 486 g/mol. The lowest BCUT2D eigenvalue weighted by Gasteiger charge is -2.12. The molecule has 2 aromatic heterocycles. The van der Waals surface area contributed by atoms with Gasteiger partial charge in [-0.15, -0.1) is 0 Å². The minimum absolute atomic E-state index is 0.210. The van der Waals surface area contributed by atoms with E-state index >= 15 is 0 Å². The lowest BCUT2D eigenvalue weighted by atomic mass is 9.99. The molecule has 6 heteroatoms. The number of aromatic nitrogens is 2.